The van der Waals surface area contributed by atoms with Crippen LogP contribution in [0.2, 0.25) is 0 Å². The predicted molar refractivity (Wildman–Crippen MR) is 42.7 cm³/mol. The van der Waals surface area contributed by atoms with Gasteiger partial charge in [-0.1, -0.05) is 0 Å². The lowest BCUT2D eigenvalue weighted by Gasteiger charge is -2.33. The van der Waals surface area contributed by atoms with Crippen LogP contribution in [0.1, 0.15) is 32.1 Å². The van der Waals surface area contributed by atoms with Gasteiger partial charge in [-0.05, 0) is 38.0 Å². The molecule has 0 heterocycles. The number of carboxylic acids is 1. The monoisotopic (exact) mass is 170 g/mol. The number of fused-ring (bicyclic) bond motifs is 2. The number of hydrogen-bond donors (Lipinski definition) is 2. The summed E-state index contributed by atoms with van der Waals surface area (Å²) in [6, 6.07) is 0. The number of aliphatic hydroxyl groups is 1. The fourth-order valence-electron chi connectivity index (χ4n) is 2.74. The van der Waals surface area contributed by atoms with Gasteiger partial charge in [-0.2, -0.15) is 0 Å². The number of rotatable bonds is 1. The number of carbonyl (C=O) groups is 1. The molecule has 2 N–H and O–H groups in total. The molecule has 0 aromatic carbocycles. The summed E-state index contributed by atoms with van der Waals surface area (Å²) >= 11 is 0. The molecule has 0 aromatic heterocycles. The Hall–Kier alpha value is -0.570. The summed E-state index contributed by atoms with van der Waals surface area (Å²) in [5.74, 6) is -0.235. The molecule has 0 aliphatic heterocycles. The van der Waals surface area contributed by atoms with Crippen molar-refractivity contribution in [1.82, 2.24) is 0 Å². The van der Waals surface area contributed by atoms with Gasteiger partial charge in [0.05, 0.1) is 11.5 Å². The molecule has 0 aromatic rings. The van der Waals surface area contributed by atoms with Gasteiger partial charge in [0.1, 0.15) is 0 Å². The molecule has 2 fully saturated rings. The molecule has 68 valence electrons. The highest BCUT2D eigenvalue weighted by molar-refractivity contribution is 5.76. The zero-order valence-corrected chi connectivity index (χ0v) is 6.99. The first-order valence-corrected chi connectivity index (χ1v) is 4.56. The second-order valence-corrected chi connectivity index (χ2v) is 4.16. The molecule has 0 amide bonds. The van der Waals surface area contributed by atoms with E-state index in [1.54, 1.807) is 0 Å². The van der Waals surface area contributed by atoms with E-state index < -0.39 is 17.5 Å². The van der Waals surface area contributed by atoms with Crippen molar-refractivity contribution >= 4 is 5.97 Å². The van der Waals surface area contributed by atoms with Crippen molar-refractivity contribution in [2.45, 2.75) is 38.2 Å². The molecule has 3 nitrogen and oxygen atoms in total. The van der Waals surface area contributed by atoms with Crippen LogP contribution in [-0.2, 0) is 4.79 Å². The summed E-state index contributed by atoms with van der Waals surface area (Å²) in [7, 11) is 0. The second kappa shape index (κ2) is 2.46. The second-order valence-electron chi connectivity index (χ2n) is 4.16. The summed E-state index contributed by atoms with van der Waals surface area (Å²) in [6.07, 6.45) is 3.45. The Morgan fingerprint density at radius 2 is 2.08 bits per heavy atom. The molecule has 2 aliphatic rings. The summed E-state index contributed by atoms with van der Waals surface area (Å²) < 4.78 is 0. The minimum absolute atomic E-state index is 0.560. The highest BCUT2D eigenvalue weighted by Crippen LogP contribution is 2.51. The van der Waals surface area contributed by atoms with Gasteiger partial charge >= 0.3 is 5.97 Å². The summed E-state index contributed by atoms with van der Waals surface area (Å²) in [4.78, 5) is 11.0. The normalized spacial score (nSPS) is 46.1. The third-order valence-corrected chi connectivity index (χ3v) is 3.56. The van der Waals surface area contributed by atoms with Crippen LogP contribution in [0.25, 0.3) is 0 Å². The minimum Gasteiger partial charge on any atom is -0.481 e. The first kappa shape index (κ1) is 8.05. The van der Waals surface area contributed by atoms with Crippen LogP contribution in [0.4, 0.5) is 0 Å². The molecule has 0 spiro atoms. The molecule has 3 heteroatoms. The third-order valence-electron chi connectivity index (χ3n) is 3.56. The molecule has 2 bridgehead atoms. The fraction of sp³-hybridized carbons (Fsp3) is 0.889. The quantitative estimate of drug-likeness (QED) is 0.617. The molecule has 3 atom stereocenters. The number of hydrogen-bond acceptors (Lipinski definition) is 2. The van der Waals surface area contributed by atoms with Gasteiger partial charge in [0.25, 0.3) is 0 Å². The average molecular weight is 170 g/mol. The Balaban J connectivity index is 2.27. The molecule has 0 radical (unpaired) electrons. The van der Waals surface area contributed by atoms with Crippen molar-refractivity contribution in [3.05, 3.63) is 0 Å². The first-order chi connectivity index (χ1) is 5.65. The van der Waals surface area contributed by atoms with E-state index in [1.807, 2.05) is 0 Å². The third kappa shape index (κ3) is 0.891. The van der Waals surface area contributed by atoms with Gasteiger partial charge in [0.15, 0.2) is 0 Å². The molecule has 12 heavy (non-hydrogen) atoms. The summed E-state index contributed by atoms with van der Waals surface area (Å²) in [6.45, 7) is 0. The SMILES string of the molecule is O=C(O)C12CCC(CCC1O)C2. The zero-order valence-electron chi connectivity index (χ0n) is 6.99. The van der Waals surface area contributed by atoms with Crippen LogP contribution in [0.5, 0.6) is 0 Å². The topological polar surface area (TPSA) is 57.5 Å². The summed E-state index contributed by atoms with van der Waals surface area (Å²) in [5.41, 5.74) is -0.775. The predicted octanol–water partition coefficient (Wildman–Crippen LogP) is 1.01. The minimum atomic E-state index is -0.794. The largest absolute Gasteiger partial charge is 0.481 e. The molecule has 2 saturated carbocycles. The van der Waals surface area contributed by atoms with E-state index in [0.29, 0.717) is 25.2 Å². The van der Waals surface area contributed by atoms with E-state index in [9.17, 15) is 9.90 Å². The van der Waals surface area contributed by atoms with Gasteiger partial charge < -0.3 is 10.2 Å². The number of carboxylic acid groups (broad SMARTS) is 1. The van der Waals surface area contributed by atoms with Crippen molar-refractivity contribution in [1.29, 1.82) is 0 Å². The van der Waals surface area contributed by atoms with Crippen LogP contribution in [0, 0.1) is 11.3 Å². The van der Waals surface area contributed by atoms with Crippen molar-refractivity contribution < 1.29 is 15.0 Å². The Labute approximate surface area is 71.4 Å². The smallest absolute Gasteiger partial charge is 0.312 e. The van der Waals surface area contributed by atoms with Gasteiger partial charge in [0, 0.05) is 0 Å². The lowest BCUT2D eigenvalue weighted by Crippen LogP contribution is -2.42. The van der Waals surface area contributed by atoms with Crippen molar-refractivity contribution in [3.8, 4) is 0 Å². The van der Waals surface area contributed by atoms with Crippen molar-refractivity contribution in [3.63, 3.8) is 0 Å². The average Bonchev–Trinajstić information content (AvgIpc) is 2.39. The molecule has 2 aliphatic carbocycles. The maximum Gasteiger partial charge on any atom is 0.312 e. The van der Waals surface area contributed by atoms with Crippen LogP contribution in [0.3, 0.4) is 0 Å². The Kier molecular flexibility index (Phi) is 1.65. The van der Waals surface area contributed by atoms with Crippen LogP contribution in [-0.4, -0.2) is 22.3 Å². The Morgan fingerprint density at radius 3 is 2.67 bits per heavy atom. The van der Waals surface area contributed by atoms with E-state index in [2.05, 4.69) is 0 Å². The van der Waals surface area contributed by atoms with E-state index in [4.69, 9.17) is 5.11 Å². The van der Waals surface area contributed by atoms with Gasteiger partial charge in [-0.15, -0.1) is 0 Å². The van der Waals surface area contributed by atoms with E-state index in [0.717, 1.165) is 12.8 Å². The highest BCUT2D eigenvalue weighted by Gasteiger charge is 2.53. The first-order valence-electron chi connectivity index (χ1n) is 4.56. The van der Waals surface area contributed by atoms with Crippen molar-refractivity contribution in [2.24, 2.45) is 11.3 Å². The molecule has 0 saturated heterocycles. The van der Waals surface area contributed by atoms with Crippen molar-refractivity contribution in [2.75, 3.05) is 0 Å². The molecule has 3 unspecified atom stereocenters. The maximum atomic E-state index is 11.0. The van der Waals surface area contributed by atoms with E-state index in [-0.39, 0.29) is 0 Å². The molecular weight excluding hydrogens is 156 g/mol. The van der Waals surface area contributed by atoms with Gasteiger partial charge in [-0.3, -0.25) is 4.79 Å². The highest BCUT2D eigenvalue weighted by atomic mass is 16.4. The van der Waals surface area contributed by atoms with Crippen LogP contribution >= 0.6 is 0 Å². The van der Waals surface area contributed by atoms with Crippen LogP contribution in [0.15, 0.2) is 0 Å². The maximum absolute atomic E-state index is 11.0. The molecule has 2 rings (SSSR count). The van der Waals surface area contributed by atoms with E-state index >= 15 is 0 Å². The van der Waals surface area contributed by atoms with Gasteiger partial charge in [-0.25, -0.2) is 0 Å². The zero-order chi connectivity index (χ0) is 8.77. The standard InChI is InChI=1S/C9H14O3/c10-7-2-1-6-3-4-9(7,5-6)8(11)12/h6-7,10H,1-5H2,(H,11,12). The van der Waals surface area contributed by atoms with Gasteiger partial charge in [0.2, 0.25) is 0 Å². The Morgan fingerprint density at radius 1 is 1.33 bits per heavy atom. The fourth-order valence-corrected chi connectivity index (χ4v) is 2.74. The molecular formula is C9H14O3. The Bertz CT molecular complexity index is 214. The number of aliphatic hydroxyl groups excluding tert-OH is 1. The lowest BCUT2D eigenvalue weighted by molar-refractivity contribution is -0.158. The summed E-state index contributed by atoms with van der Waals surface area (Å²) in [5, 5.41) is 18.7. The number of aliphatic carboxylic acids is 1. The van der Waals surface area contributed by atoms with Crippen LogP contribution < -0.4 is 0 Å². The lowest BCUT2D eigenvalue weighted by atomic mass is 9.73. The van der Waals surface area contributed by atoms with E-state index in [1.165, 1.54) is 0 Å².